The minimum absolute atomic E-state index is 0.0257. The first kappa shape index (κ1) is 18.6. The van der Waals surface area contributed by atoms with Gasteiger partial charge in [-0.2, -0.15) is 0 Å². The summed E-state index contributed by atoms with van der Waals surface area (Å²) in [7, 11) is -0.810. The lowest BCUT2D eigenvalue weighted by atomic mass is 10.2. The van der Waals surface area contributed by atoms with Crippen LogP contribution in [0, 0.1) is 6.92 Å². The van der Waals surface area contributed by atoms with Gasteiger partial charge >= 0.3 is 0 Å². The highest BCUT2D eigenvalue weighted by molar-refractivity contribution is 9.10. The van der Waals surface area contributed by atoms with E-state index in [9.17, 15) is 13.2 Å². The van der Waals surface area contributed by atoms with Crippen molar-refractivity contribution in [1.29, 1.82) is 0 Å². The van der Waals surface area contributed by atoms with Crippen molar-refractivity contribution in [2.24, 2.45) is 0 Å². The molecule has 26 heavy (non-hydrogen) atoms. The van der Waals surface area contributed by atoms with Gasteiger partial charge in [0.2, 0.25) is 10.0 Å². The number of aromatic nitrogens is 1. The molecule has 2 aromatic carbocycles. The zero-order valence-electron chi connectivity index (χ0n) is 14.3. The molecule has 0 aliphatic heterocycles. The average molecular weight is 438 g/mol. The van der Waals surface area contributed by atoms with E-state index in [4.69, 9.17) is 4.42 Å². The van der Waals surface area contributed by atoms with E-state index in [2.05, 4.69) is 26.2 Å². The second-order valence-electron chi connectivity index (χ2n) is 5.80. The molecule has 3 aromatic rings. The van der Waals surface area contributed by atoms with Crippen LogP contribution in [0.4, 0.5) is 5.69 Å². The molecule has 1 heterocycles. The Bertz CT molecular complexity index is 1110. The molecule has 0 unspecified atom stereocenters. The van der Waals surface area contributed by atoms with Crippen LogP contribution in [0.3, 0.4) is 0 Å². The number of rotatable bonds is 4. The van der Waals surface area contributed by atoms with Gasteiger partial charge in [-0.25, -0.2) is 17.7 Å². The minimum atomic E-state index is -3.68. The molecule has 0 spiro atoms. The van der Waals surface area contributed by atoms with Crippen molar-refractivity contribution >= 4 is 48.6 Å². The van der Waals surface area contributed by atoms with Crippen molar-refractivity contribution in [3.63, 3.8) is 0 Å². The Morgan fingerprint density at radius 2 is 1.92 bits per heavy atom. The third-order valence-corrected chi connectivity index (χ3v) is 6.51. The number of anilines is 1. The lowest BCUT2D eigenvalue weighted by Crippen LogP contribution is -2.23. The molecule has 0 bridgehead atoms. The third-order valence-electron chi connectivity index (χ3n) is 3.70. The molecule has 7 nitrogen and oxygen atoms in total. The Morgan fingerprint density at radius 3 is 2.62 bits per heavy atom. The summed E-state index contributed by atoms with van der Waals surface area (Å²) >= 11 is 3.22. The Morgan fingerprint density at radius 1 is 1.19 bits per heavy atom. The summed E-state index contributed by atoms with van der Waals surface area (Å²) in [6, 6.07) is 9.53. The van der Waals surface area contributed by atoms with E-state index < -0.39 is 15.9 Å². The monoisotopic (exact) mass is 437 g/mol. The van der Waals surface area contributed by atoms with Gasteiger partial charge in [0, 0.05) is 36.7 Å². The number of carbonyl (C=O) groups excluding carboxylic acids is 1. The quantitative estimate of drug-likeness (QED) is 0.674. The summed E-state index contributed by atoms with van der Waals surface area (Å²) in [5.74, 6) is 0.113. The number of hydrogen-bond donors (Lipinski definition) is 1. The van der Waals surface area contributed by atoms with Crippen LogP contribution in [-0.4, -0.2) is 37.7 Å². The van der Waals surface area contributed by atoms with Gasteiger partial charge < -0.3 is 9.73 Å². The lowest BCUT2D eigenvalue weighted by Gasteiger charge is -2.14. The summed E-state index contributed by atoms with van der Waals surface area (Å²) in [5.41, 5.74) is 2.02. The van der Waals surface area contributed by atoms with E-state index in [1.807, 2.05) is 0 Å². The average Bonchev–Trinajstić information content (AvgIpc) is 2.94. The van der Waals surface area contributed by atoms with Gasteiger partial charge in [0.05, 0.1) is 4.90 Å². The molecular formula is C17H16BrN3O4S. The van der Waals surface area contributed by atoms with Gasteiger partial charge in [0.25, 0.3) is 5.91 Å². The molecule has 136 valence electrons. The number of nitrogens with zero attached hydrogens (tertiary/aromatic N) is 2. The van der Waals surface area contributed by atoms with E-state index in [1.165, 1.54) is 26.2 Å². The minimum Gasteiger partial charge on any atom is -0.441 e. The topological polar surface area (TPSA) is 92.5 Å². The molecule has 0 radical (unpaired) electrons. The maximum absolute atomic E-state index is 12.5. The fraction of sp³-hybridized carbons (Fsp3) is 0.176. The predicted octanol–water partition coefficient (Wildman–Crippen LogP) is 3.40. The first-order chi connectivity index (χ1) is 12.2. The number of amides is 1. The molecule has 0 aliphatic rings. The van der Waals surface area contributed by atoms with E-state index in [-0.39, 0.29) is 10.5 Å². The SMILES string of the molecule is Cc1nc2cc(NC(=O)c3ccc(Br)c(S(=O)(=O)N(C)C)c3)ccc2o1. The van der Waals surface area contributed by atoms with Gasteiger partial charge in [-0.1, -0.05) is 0 Å². The molecule has 0 saturated heterocycles. The number of halogens is 1. The lowest BCUT2D eigenvalue weighted by molar-refractivity contribution is 0.102. The smallest absolute Gasteiger partial charge is 0.255 e. The third kappa shape index (κ3) is 3.50. The van der Waals surface area contributed by atoms with Crippen LogP contribution in [0.5, 0.6) is 0 Å². The standard InChI is InChI=1S/C17H16BrN3O4S/c1-10-19-14-9-12(5-7-15(14)25-10)20-17(22)11-4-6-13(18)16(8-11)26(23,24)21(2)3/h4-9H,1-3H3,(H,20,22). The molecular weight excluding hydrogens is 422 g/mol. The summed E-state index contributed by atoms with van der Waals surface area (Å²) in [4.78, 5) is 16.8. The molecule has 1 amide bonds. The van der Waals surface area contributed by atoms with Crippen molar-refractivity contribution in [3.05, 3.63) is 52.3 Å². The molecule has 3 rings (SSSR count). The fourth-order valence-electron chi connectivity index (χ4n) is 2.36. The maximum atomic E-state index is 12.5. The van der Waals surface area contributed by atoms with Crippen molar-refractivity contribution in [1.82, 2.24) is 9.29 Å². The van der Waals surface area contributed by atoms with Crippen molar-refractivity contribution in [3.8, 4) is 0 Å². The number of benzene rings is 2. The first-order valence-electron chi connectivity index (χ1n) is 7.59. The number of aryl methyl sites for hydroxylation is 1. The molecule has 1 N–H and O–H groups in total. The Kier molecular flexibility index (Phi) is 4.87. The summed E-state index contributed by atoms with van der Waals surface area (Å²) in [6.07, 6.45) is 0. The Balaban J connectivity index is 1.92. The van der Waals surface area contributed by atoms with Gasteiger partial charge in [0.1, 0.15) is 5.52 Å². The van der Waals surface area contributed by atoms with Gasteiger partial charge in [-0.05, 0) is 52.3 Å². The van der Waals surface area contributed by atoms with E-state index >= 15 is 0 Å². The van der Waals surface area contributed by atoms with Crippen LogP contribution in [0.15, 0.2) is 50.2 Å². The molecule has 9 heteroatoms. The van der Waals surface area contributed by atoms with Crippen molar-refractivity contribution in [2.45, 2.75) is 11.8 Å². The number of hydrogen-bond acceptors (Lipinski definition) is 5. The number of nitrogens with one attached hydrogen (secondary N) is 1. The number of sulfonamides is 1. The van der Waals surface area contributed by atoms with Crippen LogP contribution < -0.4 is 5.32 Å². The van der Waals surface area contributed by atoms with Crippen LogP contribution >= 0.6 is 15.9 Å². The second kappa shape index (κ2) is 6.82. The highest BCUT2D eigenvalue weighted by Crippen LogP contribution is 2.26. The highest BCUT2D eigenvalue weighted by atomic mass is 79.9. The Hall–Kier alpha value is -2.23. The second-order valence-corrected chi connectivity index (χ2v) is 8.78. The fourth-order valence-corrected chi connectivity index (χ4v) is 4.21. The van der Waals surface area contributed by atoms with Crippen LogP contribution in [0.1, 0.15) is 16.2 Å². The van der Waals surface area contributed by atoms with Crippen LogP contribution in [0.25, 0.3) is 11.1 Å². The largest absolute Gasteiger partial charge is 0.441 e. The summed E-state index contributed by atoms with van der Waals surface area (Å²) in [6.45, 7) is 1.74. The number of fused-ring (bicyclic) bond motifs is 1. The molecule has 0 atom stereocenters. The Labute approximate surface area is 159 Å². The normalized spacial score (nSPS) is 11.9. The molecule has 0 aliphatic carbocycles. The molecule has 0 fully saturated rings. The first-order valence-corrected chi connectivity index (χ1v) is 9.82. The maximum Gasteiger partial charge on any atom is 0.255 e. The predicted molar refractivity (Wildman–Crippen MR) is 102 cm³/mol. The highest BCUT2D eigenvalue weighted by Gasteiger charge is 2.22. The van der Waals surface area contributed by atoms with E-state index in [0.29, 0.717) is 27.2 Å². The van der Waals surface area contributed by atoms with Crippen molar-refractivity contribution < 1.29 is 17.6 Å². The van der Waals surface area contributed by atoms with E-state index in [1.54, 1.807) is 31.2 Å². The van der Waals surface area contributed by atoms with Crippen LogP contribution in [-0.2, 0) is 10.0 Å². The van der Waals surface area contributed by atoms with Gasteiger partial charge in [-0.15, -0.1) is 0 Å². The van der Waals surface area contributed by atoms with Crippen molar-refractivity contribution in [2.75, 3.05) is 19.4 Å². The molecule has 0 saturated carbocycles. The number of carbonyl (C=O) groups is 1. The van der Waals surface area contributed by atoms with Crippen LogP contribution in [0.2, 0.25) is 0 Å². The summed E-state index contributed by atoms with van der Waals surface area (Å²) in [5, 5.41) is 2.74. The summed E-state index contributed by atoms with van der Waals surface area (Å²) < 4.78 is 31.6. The molecule has 1 aromatic heterocycles. The number of oxazole rings is 1. The van der Waals surface area contributed by atoms with Gasteiger partial charge in [0.15, 0.2) is 11.5 Å². The zero-order valence-corrected chi connectivity index (χ0v) is 16.7. The van der Waals surface area contributed by atoms with Gasteiger partial charge in [-0.3, -0.25) is 4.79 Å². The zero-order chi connectivity index (χ0) is 19.1. The van der Waals surface area contributed by atoms with E-state index in [0.717, 1.165) is 4.31 Å².